The fourth-order valence-electron chi connectivity index (χ4n) is 1.39. The Morgan fingerprint density at radius 1 is 1.29 bits per heavy atom. The van der Waals surface area contributed by atoms with Crippen LogP contribution in [0.15, 0.2) is 22.7 Å². The summed E-state index contributed by atoms with van der Waals surface area (Å²) in [6.07, 6.45) is 0. The predicted octanol–water partition coefficient (Wildman–Crippen LogP) is 4.15. The van der Waals surface area contributed by atoms with Gasteiger partial charge in [-0.1, -0.05) is 32.9 Å². The summed E-state index contributed by atoms with van der Waals surface area (Å²) in [6, 6.07) is 6.18. The molecular weight excluding hydrogens is 240 g/mol. The van der Waals surface area contributed by atoms with E-state index in [9.17, 15) is 0 Å². The lowest BCUT2D eigenvalue weighted by Crippen LogP contribution is -2.13. The molecule has 0 N–H and O–H groups in total. The lowest BCUT2D eigenvalue weighted by molar-refractivity contribution is 0.327. The summed E-state index contributed by atoms with van der Waals surface area (Å²) >= 11 is 3.52. The van der Waals surface area contributed by atoms with Crippen molar-refractivity contribution in [2.24, 2.45) is 0 Å². The highest BCUT2D eigenvalue weighted by Gasteiger charge is 2.20. The molecule has 0 saturated carbocycles. The smallest absolute Gasteiger partial charge is 0.137 e. The number of para-hydroxylation sites is 1. The van der Waals surface area contributed by atoms with Gasteiger partial charge in [-0.25, -0.2) is 0 Å². The van der Waals surface area contributed by atoms with Gasteiger partial charge in [-0.05, 0) is 34.3 Å². The van der Waals surface area contributed by atoms with Crippen LogP contribution in [0.4, 0.5) is 0 Å². The third-order valence-corrected chi connectivity index (χ3v) is 2.69. The molecule has 0 aliphatic rings. The van der Waals surface area contributed by atoms with E-state index in [4.69, 9.17) is 4.74 Å². The second-order valence-electron chi connectivity index (χ2n) is 4.30. The van der Waals surface area contributed by atoms with Gasteiger partial charge >= 0.3 is 0 Å². The van der Waals surface area contributed by atoms with E-state index in [-0.39, 0.29) is 5.41 Å². The Bertz CT molecular complexity index is 313. The Labute approximate surface area is 94.6 Å². The average molecular weight is 257 g/mol. The monoisotopic (exact) mass is 256 g/mol. The van der Waals surface area contributed by atoms with Crippen LogP contribution in [0.3, 0.4) is 0 Å². The number of benzene rings is 1. The topological polar surface area (TPSA) is 9.23 Å². The Morgan fingerprint density at radius 2 is 1.93 bits per heavy atom. The van der Waals surface area contributed by atoms with Crippen molar-refractivity contribution < 1.29 is 4.74 Å². The van der Waals surface area contributed by atoms with E-state index in [0.29, 0.717) is 6.61 Å². The van der Waals surface area contributed by atoms with E-state index in [2.05, 4.69) is 42.8 Å². The summed E-state index contributed by atoms with van der Waals surface area (Å²) in [7, 11) is 0. The maximum Gasteiger partial charge on any atom is 0.137 e. The first-order valence-electron chi connectivity index (χ1n) is 4.88. The normalized spacial score (nSPS) is 11.5. The van der Waals surface area contributed by atoms with Crippen molar-refractivity contribution in [3.63, 3.8) is 0 Å². The van der Waals surface area contributed by atoms with E-state index in [1.807, 2.05) is 19.1 Å². The van der Waals surface area contributed by atoms with Crippen LogP contribution in [-0.4, -0.2) is 6.61 Å². The highest BCUT2D eigenvalue weighted by atomic mass is 79.9. The van der Waals surface area contributed by atoms with Crippen LogP contribution >= 0.6 is 15.9 Å². The second-order valence-corrected chi connectivity index (χ2v) is 5.15. The maximum atomic E-state index is 5.65. The largest absolute Gasteiger partial charge is 0.492 e. The summed E-state index contributed by atoms with van der Waals surface area (Å²) < 4.78 is 6.68. The molecule has 1 nitrogen and oxygen atoms in total. The van der Waals surface area contributed by atoms with Crippen molar-refractivity contribution in [2.45, 2.75) is 33.1 Å². The van der Waals surface area contributed by atoms with Gasteiger partial charge in [0.05, 0.1) is 11.1 Å². The Morgan fingerprint density at radius 3 is 2.43 bits per heavy atom. The Balaban J connectivity index is 3.21. The Kier molecular flexibility index (Phi) is 3.59. The average Bonchev–Trinajstić information content (AvgIpc) is 2.07. The molecule has 14 heavy (non-hydrogen) atoms. The second kappa shape index (κ2) is 4.35. The van der Waals surface area contributed by atoms with Gasteiger partial charge in [-0.2, -0.15) is 0 Å². The molecule has 0 atom stereocenters. The molecule has 0 radical (unpaired) electrons. The van der Waals surface area contributed by atoms with Crippen LogP contribution in [0, 0.1) is 0 Å². The first-order valence-corrected chi connectivity index (χ1v) is 5.68. The molecule has 1 aromatic rings. The summed E-state index contributed by atoms with van der Waals surface area (Å²) in [5.74, 6) is 0.975. The van der Waals surface area contributed by atoms with E-state index >= 15 is 0 Å². The SMILES string of the molecule is CCOc1c(Br)cccc1C(C)(C)C. The highest BCUT2D eigenvalue weighted by Crippen LogP contribution is 2.36. The lowest BCUT2D eigenvalue weighted by Gasteiger charge is -2.23. The standard InChI is InChI=1S/C12H17BrO/c1-5-14-11-9(12(2,3)4)7-6-8-10(11)13/h6-8H,5H2,1-4H3. The first kappa shape index (κ1) is 11.6. The molecule has 0 amide bonds. The molecule has 0 heterocycles. The number of halogens is 1. The maximum absolute atomic E-state index is 5.65. The molecule has 0 spiro atoms. The number of hydrogen-bond donors (Lipinski definition) is 0. The van der Waals surface area contributed by atoms with E-state index in [1.165, 1.54) is 5.56 Å². The van der Waals surface area contributed by atoms with Gasteiger partial charge in [0.15, 0.2) is 0 Å². The van der Waals surface area contributed by atoms with Crippen molar-refractivity contribution in [1.82, 2.24) is 0 Å². The van der Waals surface area contributed by atoms with Gasteiger partial charge < -0.3 is 4.74 Å². The summed E-state index contributed by atoms with van der Waals surface area (Å²) in [4.78, 5) is 0. The van der Waals surface area contributed by atoms with Gasteiger partial charge in [0.2, 0.25) is 0 Å². The van der Waals surface area contributed by atoms with Crippen LogP contribution in [-0.2, 0) is 5.41 Å². The minimum absolute atomic E-state index is 0.119. The van der Waals surface area contributed by atoms with Gasteiger partial charge in [0.25, 0.3) is 0 Å². The van der Waals surface area contributed by atoms with Crippen molar-refractivity contribution >= 4 is 15.9 Å². The fraction of sp³-hybridized carbons (Fsp3) is 0.500. The van der Waals surface area contributed by atoms with Crippen molar-refractivity contribution in [1.29, 1.82) is 0 Å². The summed E-state index contributed by atoms with van der Waals surface area (Å²) in [6.45, 7) is 9.28. The van der Waals surface area contributed by atoms with Gasteiger partial charge in [0.1, 0.15) is 5.75 Å². The molecule has 1 rings (SSSR count). The molecule has 0 bridgehead atoms. The summed E-state index contributed by atoms with van der Waals surface area (Å²) in [5.41, 5.74) is 1.36. The molecule has 0 aliphatic carbocycles. The van der Waals surface area contributed by atoms with E-state index in [1.54, 1.807) is 0 Å². The summed E-state index contributed by atoms with van der Waals surface area (Å²) in [5, 5.41) is 0. The molecule has 0 aliphatic heterocycles. The lowest BCUT2D eigenvalue weighted by atomic mass is 9.86. The molecule has 1 aromatic carbocycles. The van der Waals surface area contributed by atoms with Crippen LogP contribution < -0.4 is 4.74 Å². The minimum Gasteiger partial charge on any atom is -0.492 e. The third-order valence-electron chi connectivity index (χ3n) is 2.06. The predicted molar refractivity (Wildman–Crippen MR) is 64.0 cm³/mol. The molecule has 78 valence electrons. The third kappa shape index (κ3) is 2.50. The van der Waals surface area contributed by atoms with Crippen molar-refractivity contribution in [3.05, 3.63) is 28.2 Å². The highest BCUT2D eigenvalue weighted by molar-refractivity contribution is 9.10. The van der Waals surface area contributed by atoms with Crippen LogP contribution in [0.5, 0.6) is 5.75 Å². The zero-order chi connectivity index (χ0) is 10.8. The minimum atomic E-state index is 0.119. The van der Waals surface area contributed by atoms with Crippen molar-refractivity contribution in [2.75, 3.05) is 6.61 Å². The molecule has 0 unspecified atom stereocenters. The van der Waals surface area contributed by atoms with Gasteiger partial charge in [-0.3, -0.25) is 0 Å². The zero-order valence-corrected chi connectivity index (χ0v) is 10.8. The van der Waals surface area contributed by atoms with E-state index < -0.39 is 0 Å². The van der Waals surface area contributed by atoms with Gasteiger partial charge in [0, 0.05) is 5.56 Å². The van der Waals surface area contributed by atoms with Crippen LogP contribution in [0.1, 0.15) is 33.3 Å². The van der Waals surface area contributed by atoms with Crippen LogP contribution in [0.2, 0.25) is 0 Å². The first-order chi connectivity index (χ1) is 6.46. The van der Waals surface area contributed by atoms with Crippen LogP contribution in [0.25, 0.3) is 0 Å². The molecule has 0 fully saturated rings. The number of hydrogen-bond acceptors (Lipinski definition) is 1. The van der Waals surface area contributed by atoms with Gasteiger partial charge in [-0.15, -0.1) is 0 Å². The van der Waals surface area contributed by atoms with Crippen molar-refractivity contribution in [3.8, 4) is 5.75 Å². The quantitative estimate of drug-likeness (QED) is 0.773. The fourth-order valence-corrected chi connectivity index (χ4v) is 1.87. The molecule has 2 heteroatoms. The zero-order valence-electron chi connectivity index (χ0n) is 9.23. The van der Waals surface area contributed by atoms with E-state index in [0.717, 1.165) is 10.2 Å². The molecular formula is C12H17BrO. The number of rotatable bonds is 2. The Hall–Kier alpha value is -0.500. The molecule has 0 aromatic heterocycles. The molecule has 0 saturated heterocycles. The number of ether oxygens (including phenoxy) is 1.